The Bertz CT molecular complexity index is 829. The van der Waals surface area contributed by atoms with Crippen LogP contribution in [0.15, 0.2) is 57.5 Å². The number of primary amides is 1. The summed E-state index contributed by atoms with van der Waals surface area (Å²) >= 11 is 6.61. The fourth-order valence-electron chi connectivity index (χ4n) is 2.22. The van der Waals surface area contributed by atoms with Crippen LogP contribution >= 0.6 is 31.9 Å². The highest BCUT2D eigenvalue weighted by Gasteiger charge is 2.18. The molecule has 0 aliphatic heterocycles. The Hall–Kier alpha value is -2.39. The van der Waals surface area contributed by atoms with E-state index in [1.54, 1.807) is 42.5 Å². The fraction of sp³-hybridized carbons (Fsp3) is 0.118. The van der Waals surface area contributed by atoms with Gasteiger partial charge in [-0.1, -0.05) is 40.2 Å². The zero-order valence-electron chi connectivity index (χ0n) is 13.5. The molecule has 26 heavy (non-hydrogen) atoms. The van der Waals surface area contributed by atoms with Crippen LogP contribution in [0.2, 0.25) is 0 Å². The molecule has 0 radical (unpaired) electrons. The summed E-state index contributed by atoms with van der Waals surface area (Å²) in [5.41, 5.74) is 10.9. The van der Waals surface area contributed by atoms with Gasteiger partial charge < -0.3 is 11.1 Å². The number of hydrogen-bond donors (Lipinski definition) is 4. The molecule has 0 aromatic heterocycles. The van der Waals surface area contributed by atoms with Crippen molar-refractivity contribution >= 4 is 49.7 Å². The van der Waals surface area contributed by atoms with Crippen LogP contribution in [0.5, 0.6) is 0 Å². The molecule has 5 N–H and O–H groups in total. The van der Waals surface area contributed by atoms with Crippen molar-refractivity contribution in [2.45, 2.75) is 12.5 Å². The van der Waals surface area contributed by atoms with Gasteiger partial charge in [-0.15, -0.1) is 0 Å². The van der Waals surface area contributed by atoms with E-state index in [2.05, 4.69) is 48.0 Å². The smallest absolute Gasteiger partial charge is 0.312 e. The van der Waals surface area contributed by atoms with Gasteiger partial charge in [0.2, 0.25) is 5.91 Å². The van der Waals surface area contributed by atoms with Crippen molar-refractivity contribution in [3.05, 3.63) is 68.6 Å². The lowest BCUT2D eigenvalue weighted by molar-refractivity contribution is -0.122. The lowest BCUT2D eigenvalue weighted by atomic mass is 10.0. The summed E-state index contributed by atoms with van der Waals surface area (Å²) in [7, 11) is 0. The molecular formula is C17H16Br2N4O3. The molecule has 0 aliphatic rings. The molecule has 2 rings (SSSR count). The van der Waals surface area contributed by atoms with Crippen LogP contribution in [0.4, 0.5) is 4.79 Å². The van der Waals surface area contributed by atoms with Crippen molar-refractivity contribution in [1.82, 2.24) is 16.2 Å². The summed E-state index contributed by atoms with van der Waals surface area (Å²) < 4.78 is 1.41. The molecule has 0 heterocycles. The van der Waals surface area contributed by atoms with Gasteiger partial charge in [0, 0.05) is 8.95 Å². The lowest BCUT2D eigenvalue weighted by Crippen LogP contribution is -2.44. The Kier molecular flexibility index (Phi) is 7.16. The lowest BCUT2D eigenvalue weighted by Gasteiger charge is -2.18. The largest absolute Gasteiger partial charge is 0.352 e. The van der Waals surface area contributed by atoms with E-state index in [1.807, 2.05) is 6.07 Å². The number of nitrogens with two attached hydrogens (primary N) is 1. The first-order valence-corrected chi connectivity index (χ1v) is 9.10. The Morgan fingerprint density at radius 3 is 2.38 bits per heavy atom. The number of rotatable bonds is 5. The van der Waals surface area contributed by atoms with Gasteiger partial charge in [0.25, 0.3) is 5.91 Å². The molecule has 1 unspecified atom stereocenters. The average molecular weight is 484 g/mol. The van der Waals surface area contributed by atoms with Gasteiger partial charge in [-0.3, -0.25) is 20.4 Å². The van der Waals surface area contributed by atoms with Gasteiger partial charge in [0.05, 0.1) is 18.0 Å². The summed E-state index contributed by atoms with van der Waals surface area (Å²) in [5, 5.41) is 2.52. The van der Waals surface area contributed by atoms with Gasteiger partial charge >= 0.3 is 6.03 Å². The predicted molar refractivity (Wildman–Crippen MR) is 104 cm³/mol. The number of carbonyl (C=O) groups excluding carboxylic acids is 3. The number of carbonyl (C=O) groups is 3. The van der Waals surface area contributed by atoms with Crippen molar-refractivity contribution in [2.75, 3.05) is 0 Å². The Morgan fingerprint density at radius 1 is 1.00 bits per heavy atom. The fourth-order valence-corrected chi connectivity index (χ4v) is 3.10. The van der Waals surface area contributed by atoms with E-state index in [4.69, 9.17) is 5.73 Å². The van der Waals surface area contributed by atoms with Gasteiger partial charge in [0.15, 0.2) is 0 Å². The predicted octanol–water partition coefficient (Wildman–Crippen LogP) is 2.77. The molecule has 0 fully saturated rings. The van der Waals surface area contributed by atoms with Crippen molar-refractivity contribution in [1.29, 1.82) is 0 Å². The molecule has 2 aromatic rings. The molecule has 0 bridgehead atoms. The zero-order valence-corrected chi connectivity index (χ0v) is 16.6. The molecule has 0 saturated carbocycles. The first-order chi connectivity index (χ1) is 12.4. The van der Waals surface area contributed by atoms with E-state index in [0.717, 1.165) is 4.47 Å². The molecule has 9 heteroatoms. The summed E-state index contributed by atoms with van der Waals surface area (Å²) in [4.78, 5) is 35.5. The van der Waals surface area contributed by atoms with E-state index in [-0.39, 0.29) is 6.42 Å². The second-order valence-corrected chi connectivity index (χ2v) is 7.07. The third-order valence-electron chi connectivity index (χ3n) is 3.39. The number of hydrazine groups is 1. The maximum Gasteiger partial charge on any atom is 0.312 e. The first-order valence-electron chi connectivity index (χ1n) is 7.52. The first kappa shape index (κ1) is 19.9. The number of amides is 4. The monoisotopic (exact) mass is 482 g/mol. The molecule has 7 nitrogen and oxygen atoms in total. The zero-order chi connectivity index (χ0) is 19.1. The topological polar surface area (TPSA) is 113 Å². The average Bonchev–Trinajstić information content (AvgIpc) is 2.59. The maximum absolute atomic E-state index is 12.2. The number of benzene rings is 2. The van der Waals surface area contributed by atoms with Crippen molar-refractivity contribution in [3.8, 4) is 0 Å². The highest BCUT2D eigenvalue weighted by atomic mass is 79.9. The van der Waals surface area contributed by atoms with Crippen LogP contribution in [0.3, 0.4) is 0 Å². The Morgan fingerprint density at radius 2 is 1.73 bits per heavy atom. The highest BCUT2D eigenvalue weighted by Crippen LogP contribution is 2.21. The van der Waals surface area contributed by atoms with Gasteiger partial charge in [0.1, 0.15) is 0 Å². The summed E-state index contributed by atoms with van der Waals surface area (Å²) in [6, 6.07) is 12.6. The van der Waals surface area contributed by atoms with E-state index in [9.17, 15) is 14.4 Å². The van der Waals surface area contributed by atoms with Crippen molar-refractivity contribution in [2.24, 2.45) is 5.73 Å². The van der Waals surface area contributed by atoms with E-state index < -0.39 is 23.9 Å². The van der Waals surface area contributed by atoms with Gasteiger partial charge in [-0.25, -0.2) is 4.79 Å². The molecule has 1 atom stereocenters. The molecule has 0 saturated heterocycles. The minimum absolute atomic E-state index is 0.102. The van der Waals surface area contributed by atoms with Crippen molar-refractivity contribution in [3.63, 3.8) is 0 Å². The third kappa shape index (κ3) is 5.85. The summed E-state index contributed by atoms with van der Waals surface area (Å²) in [6.45, 7) is 0. The van der Waals surface area contributed by atoms with Crippen LogP contribution in [0.25, 0.3) is 0 Å². The van der Waals surface area contributed by atoms with Crippen LogP contribution in [-0.2, 0) is 4.79 Å². The standard InChI is InChI=1S/C17H16Br2N4O3/c18-11-5-3-4-10(8-11)14(21-17(20)26)9-15(24)22-23-16(25)12-6-1-2-7-13(12)19/h1-8,14H,9H2,(H,22,24)(H,23,25)(H3,20,21,26). The molecular weight excluding hydrogens is 468 g/mol. The summed E-state index contributed by atoms with van der Waals surface area (Å²) in [5.74, 6) is -0.947. The number of urea groups is 1. The summed E-state index contributed by atoms with van der Waals surface area (Å²) in [6.07, 6.45) is -0.102. The van der Waals surface area contributed by atoms with Crippen LogP contribution in [0, 0.1) is 0 Å². The van der Waals surface area contributed by atoms with Crippen LogP contribution in [0.1, 0.15) is 28.4 Å². The molecule has 0 aliphatic carbocycles. The van der Waals surface area contributed by atoms with E-state index in [0.29, 0.717) is 15.6 Å². The van der Waals surface area contributed by atoms with Crippen LogP contribution < -0.4 is 21.9 Å². The normalized spacial score (nSPS) is 11.3. The quantitative estimate of drug-likeness (QED) is 0.490. The van der Waals surface area contributed by atoms with Crippen LogP contribution in [-0.4, -0.2) is 17.8 Å². The minimum Gasteiger partial charge on any atom is -0.352 e. The second kappa shape index (κ2) is 9.35. The van der Waals surface area contributed by atoms with E-state index >= 15 is 0 Å². The number of nitrogens with one attached hydrogen (secondary N) is 3. The highest BCUT2D eigenvalue weighted by molar-refractivity contribution is 9.10. The Labute approximate surface area is 166 Å². The molecule has 0 spiro atoms. The Balaban J connectivity index is 2.00. The number of hydrogen-bond acceptors (Lipinski definition) is 3. The second-order valence-electron chi connectivity index (χ2n) is 5.30. The number of halogens is 2. The SMILES string of the molecule is NC(=O)NC(CC(=O)NNC(=O)c1ccccc1Br)c1cccc(Br)c1. The molecule has 2 aromatic carbocycles. The maximum atomic E-state index is 12.2. The van der Waals surface area contributed by atoms with Gasteiger partial charge in [-0.2, -0.15) is 0 Å². The minimum atomic E-state index is -0.750. The molecule has 136 valence electrons. The van der Waals surface area contributed by atoms with Gasteiger partial charge in [-0.05, 0) is 45.8 Å². The van der Waals surface area contributed by atoms with Crippen molar-refractivity contribution < 1.29 is 14.4 Å². The third-order valence-corrected chi connectivity index (χ3v) is 4.58. The molecule has 4 amide bonds. The van der Waals surface area contributed by atoms with E-state index in [1.165, 1.54) is 0 Å².